The average molecular weight is 718 g/mol. The third-order valence-electron chi connectivity index (χ3n) is 2.64. The fourth-order valence-corrected chi connectivity index (χ4v) is 3.77. The summed E-state index contributed by atoms with van der Waals surface area (Å²) in [5.74, 6) is 0. The summed E-state index contributed by atoms with van der Waals surface area (Å²) in [4.78, 5) is 13.4. The Balaban J connectivity index is 0. The maximum absolute atomic E-state index is 9.75. The summed E-state index contributed by atoms with van der Waals surface area (Å²) in [5, 5.41) is 0. The molecule has 0 amide bonds. The molecule has 3 aromatic rings. The zero-order valence-corrected chi connectivity index (χ0v) is 20.1. The van der Waals surface area contributed by atoms with Crippen molar-refractivity contribution in [2.75, 3.05) is 0 Å². The topological polar surface area (TPSA) is 38.7 Å². The summed E-state index contributed by atoms with van der Waals surface area (Å²) in [6.07, 6.45) is 5.45. The smallest absolute Gasteiger partial charge is 0.418 e. The molecule has 0 saturated carbocycles. The molecule has 3 aromatic heterocycles. The maximum Gasteiger partial charge on any atom is 3.00 e. The molecule has 0 aliphatic rings. The van der Waals surface area contributed by atoms with Gasteiger partial charge in [0.15, 0.2) is 0 Å². The molecule has 35 heavy (non-hydrogen) atoms. The fourth-order valence-electron chi connectivity index (χ4n) is 1.81. The number of nitrogens with zero attached hydrogens (tertiary/aromatic N) is 3. The average Bonchev–Trinajstić information content (AvgIpc) is 2.67. The van der Waals surface area contributed by atoms with E-state index in [2.05, 4.69) is 15.0 Å². The van der Waals surface area contributed by atoms with Crippen LogP contribution in [0.3, 0.4) is 0 Å². The second-order valence-corrected chi connectivity index (χ2v) is 7.43. The Kier molecular flexibility index (Phi) is 16.6. The third kappa shape index (κ3) is 24.8. The number of hydrogen-bond donors (Lipinski definition) is 0. The van der Waals surface area contributed by atoms with Crippen molar-refractivity contribution in [2.24, 2.45) is 0 Å². The van der Waals surface area contributed by atoms with Crippen LogP contribution < -0.4 is 16.3 Å². The molecule has 0 fully saturated rings. The van der Waals surface area contributed by atoms with Crippen molar-refractivity contribution in [1.29, 1.82) is 0 Å². The van der Waals surface area contributed by atoms with Crippen molar-refractivity contribution < 1.29 is 71.9 Å². The number of hydrogen-bond acceptors (Lipinski definition) is 3. The van der Waals surface area contributed by atoms with Crippen LogP contribution in [0.5, 0.6) is 0 Å². The summed E-state index contributed by atoms with van der Waals surface area (Å²) in [5.41, 5.74) is 3.07. The van der Waals surface area contributed by atoms with Crippen LogP contribution in [0.4, 0.5) is 51.8 Å². The van der Waals surface area contributed by atoms with E-state index in [4.69, 9.17) is 0 Å². The van der Waals surface area contributed by atoms with Gasteiger partial charge in [-0.25, -0.2) is 0 Å². The van der Waals surface area contributed by atoms with E-state index < -0.39 is 29.7 Å². The number of aromatic nitrogens is 3. The molecule has 0 aliphatic carbocycles. The van der Waals surface area contributed by atoms with Gasteiger partial charge >= 0.3 is 41.9 Å². The second-order valence-electron chi connectivity index (χ2n) is 5.38. The van der Waals surface area contributed by atoms with Gasteiger partial charge in [-0.3, -0.25) is 15.0 Å². The minimum Gasteiger partial charge on any atom is -0.418 e. The van der Waals surface area contributed by atoms with Gasteiger partial charge in [0.25, 0.3) is 0 Å². The third-order valence-corrected chi connectivity index (χ3v) is 4.80. The molecule has 0 spiro atoms. The SMILES string of the molecule is F[B-](F)(F)F.F[B-](F)(F)F.F[B-](F)(F)F.[Ir+3].c1ccc(P(c2ccccn2)c2ccccn2)nc1. The Morgan fingerprint density at radius 2 is 0.629 bits per heavy atom. The van der Waals surface area contributed by atoms with Crippen LogP contribution in [0.2, 0.25) is 0 Å². The van der Waals surface area contributed by atoms with Crippen molar-refractivity contribution in [3.63, 3.8) is 0 Å². The number of pyridine rings is 3. The first kappa shape index (κ1) is 35.0. The Hall–Kier alpha value is -2.12. The predicted molar refractivity (Wildman–Crippen MR) is 109 cm³/mol. The Morgan fingerprint density at radius 3 is 0.771 bits per heavy atom. The van der Waals surface area contributed by atoms with Crippen molar-refractivity contribution in [1.82, 2.24) is 15.0 Å². The first-order chi connectivity index (χ1) is 15.4. The molecule has 3 nitrogen and oxygen atoms in total. The molecule has 0 atom stereocenters. The number of halogens is 12. The van der Waals surface area contributed by atoms with E-state index in [1.807, 2.05) is 73.2 Å². The van der Waals surface area contributed by atoms with E-state index in [1.54, 1.807) is 0 Å². The molecular weight excluding hydrogens is 706 g/mol. The van der Waals surface area contributed by atoms with Gasteiger partial charge in [-0.15, -0.1) is 0 Å². The second kappa shape index (κ2) is 16.5. The van der Waals surface area contributed by atoms with Crippen molar-refractivity contribution in [3.8, 4) is 0 Å². The molecule has 0 bridgehead atoms. The molecule has 20 heteroatoms. The van der Waals surface area contributed by atoms with Gasteiger partial charge in [-0.1, -0.05) is 18.2 Å². The summed E-state index contributed by atoms with van der Waals surface area (Å²) >= 11 is 0. The first-order valence-electron chi connectivity index (χ1n) is 8.60. The largest absolute Gasteiger partial charge is 3.00 e. The van der Waals surface area contributed by atoms with Gasteiger partial charge < -0.3 is 51.8 Å². The van der Waals surface area contributed by atoms with Crippen molar-refractivity contribution >= 4 is 46.0 Å². The quantitative estimate of drug-likeness (QED) is 0.204. The molecular formula is C15H12B3F12IrN3P. The van der Waals surface area contributed by atoms with Gasteiger partial charge in [0.2, 0.25) is 0 Å². The minimum atomic E-state index is -6.00. The first-order valence-corrected chi connectivity index (χ1v) is 9.94. The minimum absolute atomic E-state index is 0. The molecule has 3 heterocycles. The van der Waals surface area contributed by atoms with Crippen LogP contribution >= 0.6 is 7.92 Å². The van der Waals surface area contributed by atoms with Crippen molar-refractivity contribution in [2.45, 2.75) is 0 Å². The molecule has 3 rings (SSSR count). The monoisotopic (exact) mass is 719 g/mol. The van der Waals surface area contributed by atoms with E-state index in [-0.39, 0.29) is 20.1 Å². The Morgan fingerprint density at radius 1 is 0.429 bits per heavy atom. The van der Waals surface area contributed by atoms with Crippen LogP contribution in [0.15, 0.2) is 73.2 Å². The fraction of sp³-hybridized carbons (Fsp3) is 0. The molecule has 0 N–H and O–H groups in total. The Labute approximate surface area is 206 Å². The van der Waals surface area contributed by atoms with Gasteiger partial charge in [0, 0.05) is 26.5 Å². The zero-order chi connectivity index (χ0) is 26.4. The Bertz CT molecular complexity index is 783. The normalized spacial score (nSPS) is 10.9. The van der Waals surface area contributed by atoms with Crippen LogP contribution in [0.1, 0.15) is 0 Å². The summed E-state index contributed by atoms with van der Waals surface area (Å²) in [6.45, 7) is 0. The standard InChI is InChI=1S/C15H12N3P.3BF4.Ir/c1-4-10-16-13(7-1)19(14-8-2-5-11-17-14)15-9-3-6-12-18-15;3*2-1(3,4)5;/h1-12H;;;;/q;3*-1;+3. The molecule has 194 valence electrons. The van der Waals surface area contributed by atoms with E-state index in [0.717, 1.165) is 16.3 Å². The molecule has 0 saturated heterocycles. The number of rotatable bonds is 3. The van der Waals surface area contributed by atoms with Crippen LogP contribution in [-0.4, -0.2) is 36.7 Å². The zero-order valence-electron chi connectivity index (χ0n) is 16.8. The van der Waals surface area contributed by atoms with Crippen LogP contribution in [-0.2, 0) is 20.1 Å². The van der Waals surface area contributed by atoms with Crippen LogP contribution in [0, 0.1) is 0 Å². The van der Waals surface area contributed by atoms with E-state index in [1.165, 1.54) is 0 Å². The molecule has 0 unspecified atom stereocenters. The van der Waals surface area contributed by atoms with E-state index >= 15 is 0 Å². The van der Waals surface area contributed by atoms with Gasteiger partial charge in [0.05, 0.1) is 16.3 Å². The summed E-state index contributed by atoms with van der Waals surface area (Å²) < 4.78 is 117. The predicted octanol–water partition coefficient (Wildman–Crippen LogP) is 5.53. The van der Waals surface area contributed by atoms with Gasteiger partial charge in [-0.05, 0) is 36.4 Å². The summed E-state index contributed by atoms with van der Waals surface area (Å²) in [6, 6.07) is 17.9. The van der Waals surface area contributed by atoms with Crippen molar-refractivity contribution in [3.05, 3.63) is 73.2 Å². The maximum atomic E-state index is 9.75. The van der Waals surface area contributed by atoms with Crippen LogP contribution in [0.25, 0.3) is 0 Å². The summed E-state index contributed by atoms with van der Waals surface area (Å²) in [7, 11) is -18.8. The van der Waals surface area contributed by atoms with Gasteiger partial charge in [-0.2, -0.15) is 0 Å². The van der Waals surface area contributed by atoms with E-state index in [9.17, 15) is 51.8 Å². The molecule has 0 aliphatic heterocycles. The van der Waals surface area contributed by atoms with E-state index in [0.29, 0.717) is 0 Å². The van der Waals surface area contributed by atoms with Gasteiger partial charge in [0.1, 0.15) is 0 Å². The molecule has 0 radical (unpaired) electrons. The molecule has 0 aromatic carbocycles.